The van der Waals surface area contributed by atoms with Crippen LogP contribution in [0.15, 0.2) is 0 Å². The van der Waals surface area contributed by atoms with Crippen molar-refractivity contribution in [2.24, 2.45) is 0 Å². The summed E-state index contributed by atoms with van der Waals surface area (Å²) in [6, 6.07) is 0. The molecule has 0 bridgehead atoms. The third kappa shape index (κ3) is 2.48. The normalized spacial score (nSPS) is 26.0. The summed E-state index contributed by atoms with van der Waals surface area (Å²) in [5, 5.41) is 2.43. The van der Waals surface area contributed by atoms with Gasteiger partial charge in [0.1, 0.15) is 3.41 Å². The molecule has 9 heavy (non-hydrogen) atoms. The van der Waals surface area contributed by atoms with E-state index in [0.717, 1.165) is 6.42 Å². The highest BCUT2D eigenvalue weighted by Gasteiger charge is 2.27. The third-order valence-electron chi connectivity index (χ3n) is 1.18. The van der Waals surface area contributed by atoms with Gasteiger partial charge in [-0.15, -0.1) is 35.3 Å². The van der Waals surface area contributed by atoms with Crippen molar-refractivity contribution in [2.75, 3.05) is 10.2 Å². The van der Waals surface area contributed by atoms with Crippen LogP contribution in [-0.2, 0) is 0 Å². The molecule has 1 fully saturated rings. The van der Waals surface area contributed by atoms with E-state index in [1.54, 1.807) is 0 Å². The second-order valence-corrected chi connectivity index (χ2v) is 7.69. The average Bonchev–Trinajstić information content (AvgIpc) is 1.90. The SMILES string of the molecule is CCC1(S)SCSCS1. The van der Waals surface area contributed by atoms with Gasteiger partial charge in [-0.3, -0.25) is 0 Å². The number of thioether (sulfide) groups is 3. The first-order valence-electron chi connectivity index (χ1n) is 2.85. The summed E-state index contributed by atoms with van der Waals surface area (Å²) in [6.45, 7) is 2.20. The first-order valence-corrected chi connectivity index (χ1v) is 6.42. The Bertz CT molecular complexity index is 87.0. The van der Waals surface area contributed by atoms with Gasteiger partial charge in [-0.25, -0.2) is 0 Å². The van der Waals surface area contributed by atoms with Crippen LogP contribution in [-0.4, -0.2) is 13.6 Å². The van der Waals surface area contributed by atoms with Gasteiger partial charge in [-0.2, -0.15) is 12.6 Å². The summed E-state index contributed by atoms with van der Waals surface area (Å²) in [4.78, 5) is 0. The lowest BCUT2D eigenvalue weighted by atomic mass is 10.6. The van der Waals surface area contributed by atoms with Crippen LogP contribution in [0.25, 0.3) is 0 Å². The molecule has 0 nitrogen and oxygen atoms in total. The molecule has 0 saturated carbocycles. The van der Waals surface area contributed by atoms with Gasteiger partial charge in [0.05, 0.1) is 0 Å². The molecule has 1 aliphatic heterocycles. The van der Waals surface area contributed by atoms with Gasteiger partial charge >= 0.3 is 0 Å². The van der Waals surface area contributed by atoms with E-state index in [2.05, 4.69) is 19.6 Å². The van der Waals surface area contributed by atoms with Crippen molar-refractivity contribution < 1.29 is 0 Å². The summed E-state index contributed by atoms with van der Waals surface area (Å²) >= 11 is 10.5. The summed E-state index contributed by atoms with van der Waals surface area (Å²) in [7, 11) is 0. The molecule has 0 N–H and O–H groups in total. The molecule has 0 radical (unpaired) electrons. The second kappa shape index (κ2) is 3.69. The van der Waals surface area contributed by atoms with Crippen LogP contribution in [0.4, 0.5) is 0 Å². The Morgan fingerprint density at radius 2 is 2.00 bits per heavy atom. The molecule has 0 atom stereocenters. The van der Waals surface area contributed by atoms with Crippen molar-refractivity contribution in [3.63, 3.8) is 0 Å². The Labute approximate surface area is 74.7 Å². The van der Waals surface area contributed by atoms with Crippen molar-refractivity contribution in [3.8, 4) is 0 Å². The van der Waals surface area contributed by atoms with E-state index in [4.69, 9.17) is 0 Å². The van der Waals surface area contributed by atoms with Crippen LogP contribution >= 0.6 is 47.9 Å². The molecule has 1 saturated heterocycles. The summed E-state index contributed by atoms with van der Waals surface area (Å²) in [5.74, 6) is 0. The molecule has 0 aromatic carbocycles. The van der Waals surface area contributed by atoms with Crippen molar-refractivity contribution in [1.29, 1.82) is 0 Å². The highest BCUT2D eigenvalue weighted by Crippen LogP contribution is 2.50. The monoisotopic (exact) mass is 198 g/mol. The maximum Gasteiger partial charge on any atom is 0.105 e. The minimum absolute atomic E-state index is 0.227. The van der Waals surface area contributed by atoms with Crippen LogP contribution in [0.2, 0.25) is 0 Å². The molecule has 0 aliphatic carbocycles. The molecule has 4 heteroatoms. The Morgan fingerprint density at radius 1 is 1.44 bits per heavy atom. The van der Waals surface area contributed by atoms with Crippen LogP contribution in [0.3, 0.4) is 0 Å². The predicted molar refractivity (Wildman–Crippen MR) is 54.5 cm³/mol. The van der Waals surface area contributed by atoms with Crippen molar-refractivity contribution in [2.45, 2.75) is 16.8 Å². The van der Waals surface area contributed by atoms with E-state index in [1.165, 1.54) is 10.2 Å². The van der Waals surface area contributed by atoms with Gasteiger partial charge < -0.3 is 0 Å². The zero-order valence-corrected chi connectivity index (χ0v) is 8.64. The van der Waals surface area contributed by atoms with Gasteiger partial charge in [0.25, 0.3) is 0 Å². The molecule has 54 valence electrons. The van der Waals surface area contributed by atoms with E-state index in [0.29, 0.717) is 0 Å². The lowest BCUT2D eigenvalue weighted by molar-refractivity contribution is 1.02. The molecule has 0 unspecified atom stereocenters. The molecule has 0 amide bonds. The predicted octanol–water partition coefficient (Wildman–Crippen LogP) is 3.11. The van der Waals surface area contributed by atoms with Gasteiger partial charge in [0.2, 0.25) is 0 Å². The van der Waals surface area contributed by atoms with Crippen LogP contribution in [0, 0.1) is 0 Å². The Balaban J connectivity index is 2.37. The quantitative estimate of drug-likeness (QED) is 0.643. The molecule has 0 spiro atoms. The van der Waals surface area contributed by atoms with Crippen LogP contribution in [0.5, 0.6) is 0 Å². The standard InChI is InChI=1S/C5H10S4/c1-2-5(6)8-3-7-4-9-5/h6H,2-4H2,1H3. The zero-order chi connectivity index (χ0) is 6.74. The molecular formula is C5H10S4. The fourth-order valence-corrected chi connectivity index (χ4v) is 6.13. The van der Waals surface area contributed by atoms with Gasteiger partial charge in [0, 0.05) is 10.2 Å². The topological polar surface area (TPSA) is 0 Å². The zero-order valence-electron chi connectivity index (χ0n) is 5.29. The molecule has 1 rings (SSSR count). The molecule has 0 aromatic heterocycles. The summed E-state index contributed by atoms with van der Waals surface area (Å²) in [5.41, 5.74) is 0. The average molecular weight is 198 g/mol. The van der Waals surface area contributed by atoms with Crippen molar-refractivity contribution >= 4 is 47.9 Å². The van der Waals surface area contributed by atoms with E-state index in [-0.39, 0.29) is 3.41 Å². The lowest BCUT2D eigenvalue weighted by Crippen LogP contribution is -2.13. The molecule has 0 aromatic rings. The fraction of sp³-hybridized carbons (Fsp3) is 1.00. The number of thiol groups is 1. The van der Waals surface area contributed by atoms with Gasteiger partial charge in [-0.1, -0.05) is 6.92 Å². The smallest absolute Gasteiger partial charge is 0.105 e. The largest absolute Gasteiger partial charge is 0.151 e. The van der Waals surface area contributed by atoms with Crippen LogP contribution < -0.4 is 0 Å². The first-order chi connectivity index (χ1) is 4.27. The number of hydrogen-bond acceptors (Lipinski definition) is 4. The highest BCUT2D eigenvalue weighted by atomic mass is 32.3. The Hall–Kier alpha value is 1.40. The minimum Gasteiger partial charge on any atom is -0.151 e. The van der Waals surface area contributed by atoms with Crippen molar-refractivity contribution in [1.82, 2.24) is 0 Å². The van der Waals surface area contributed by atoms with Gasteiger partial charge in [-0.05, 0) is 6.42 Å². The number of rotatable bonds is 1. The van der Waals surface area contributed by atoms with Crippen molar-refractivity contribution in [3.05, 3.63) is 0 Å². The van der Waals surface area contributed by atoms with Crippen LogP contribution in [0.1, 0.15) is 13.3 Å². The maximum atomic E-state index is 4.56. The Morgan fingerprint density at radius 3 is 2.33 bits per heavy atom. The lowest BCUT2D eigenvalue weighted by Gasteiger charge is -2.29. The summed E-state index contributed by atoms with van der Waals surface area (Å²) in [6.07, 6.45) is 1.16. The molecule has 1 heterocycles. The van der Waals surface area contributed by atoms with Gasteiger partial charge in [0.15, 0.2) is 0 Å². The third-order valence-corrected chi connectivity index (χ3v) is 6.74. The van der Waals surface area contributed by atoms with E-state index in [9.17, 15) is 0 Å². The molecular weight excluding hydrogens is 188 g/mol. The second-order valence-electron chi connectivity index (χ2n) is 1.79. The molecule has 1 aliphatic rings. The number of hydrogen-bond donors (Lipinski definition) is 1. The van der Waals surface area contributed by atoms with E-state index in [1.807, 2.05) is 35.3 Å². The summed E-state index contributed by atoms with van der Waals surface area (Å²) < 4.78 is 0.227. The fourth-order valence-electron chi connectivity index (χ4n) is 0.547. The van der Waals surface area contributed by atoms with E-state index >= 15 is 0 Å². The minimum atomic E-state index is 0.227. The van der Waals surface area contributed by atoms with E-state index < -0.39 is 0 Å². The highest BCUT2D eigenvalue weighted by molar-refractivity contribution is 8.39. The maximum absolute atomic E-state index is 4.56. The Kier molecular flexibility index (Phi) is 3.49. The first kappa shape index (κ1) is 8.50.